The molecular formula is C22H23NO7. The monoisotopic (exact) mass is 413 g/mol. The van der Waals surface area contributed by atoms with Crippen LogP contribution in [0.15, 0.2) is 42.5 Å². The molecule has 1 heterocycles. The highest BCUT2D eigenvalue weighted by molar-refractivity contribution is 6.01. The number of amides is 1. The molecule has 2 aromatic rings. The molecule has 0 aliphatic carbocycles. The number of carbonyl (C=O) groups excluding carboxylic acids is 3. The van der Waals surface area contributed by atoms with Crippen molar-refractivity contribution in [2.75, 3.05) is 39.4 Å². The zero-order chi connectivity index (χ0) is 21.7. The zero-order valence-electron chi connectivity index (χ0n) is 17.0. The van der Waals surface area contributed by atoms with E-state index >= 15 is 0 Å². The Labute approximate surface area is 174 Å². The number of methoxy groups -OCH3 is 3. The van der Waals surface area contributed by atoms with Crippen molar-refractivity contribution in [1.82, 2.24) is 0 Å². The summed E-state index contributed by atoms with van der Waals surface area (Å²) < 4.78 is 20.8. The largest absolute Gasteiger partial charge is 0.497 e. The normalized spacial score (nSPS) is 15.6. The summed E-state index contributed by atoms with van der Waals surface area (Å²) in [5, 5.41) is 0. The van der Waals surface area contributed by atoms with Gasteiger partial charge in [0.15, 0.2) is 12.4 Å². The predicted molar refractivity (Wildman–Crippen MR) is 108 cm³/mol. The van der Waals surface area contributed by atoms with Gasteiger partial charge in [-0.05, 0) is 24.3 Å². The fourth-order valence-electron chi connectivity index (χ4n) is 3.24. The topological polar surface area (TPSA) is 91.4 Å². The van der Waals surface area contributed by atoms with E-state index in [4.69, 9.17) is 18.9 Å². The van der Waals surface area contributed by atoms with Gasteiger partial charge in [-0.1, -0.05) is 12.1 Å². The molecule has 3 rings (SSSR count). The van der Waals surface area contributed by atoms with Crippen molar-refractivity contribution < 1.29 is 33.3 Å². The minimum Gasteiger partial charge on any atom is -0.497 e. The van der Waals surface area contributed by atoms with Gasteiger partial charge in [-0.2, -0.15) is 0 Å². The molecule has 1 saturated heterocycles. The second-order valence-corrected chi connectivity index (χ2v) is 6.71. The van der Waals surface area contributed by atoms with Crippen LogP contribution in [0.4, 0.5) is 5.69 Å². The molecule has 0 aromatic heterocycles. The Morgan fingerprint density at radius 1 is 1.00 bits per heavy atom. The molecule has 1 aliphatic heterocycles. The highest BCUT2D eigenvalue weighted by Gasteiger charge is 2.37. The average molecular weight is 413 g/mol. The third kappa shape index (κ3) is 4.53. The van der Waals surface area contributed by atoms with E-state index in [2.05, 4.69) is 0 Å². The van der Waals surface area contributed by atoms with Crippen LogP contribution in [0.25, 0.3) is 0 Å². The quantitative estimate of drug-likeness (QED) is 0.485. The van der Waals surface area contributed by atoms with Gasteiger partial charge in [0, 0.05) is 24.6 Å². The van der Waals surface area contributed by atoms with Crippen LogP contribution in [-0.2, 0) is 14.3 Å². The van der Waals surface area contributed by atoms with E-state index in [9.17, 15) is 14.4 Å². The number of anilines is 1. The number of rotatable bonds is 8. The van der Waals surface area contributed by atoms with Crippen molar-refractivity contribution in [2.24, 2.45) is 5.92 Å². The fourth-order valence-corrected chi connectivity index (χ4v) is 3.24. The lowest BCUT2D eigenvalue weighted by Gasteiger charge is -2.20. The van der Waals surface area contributed by atoms with E-state index in [0.29, 0.717) is 28.5 Å². The molecule has 0 spiro atoms. The Bertz CT molecular complexity index is 956. The maximum atomic E-state index is 12.5. The summed E-state index contributed by atoms with van der Waals surface area (Å²) in [5.41, 5.74) is 0.931. The van der Waals surface area contributed by atoms with Gasteiger partial charge in [-0.25, -0.2) is 0 Å². The third-order valence-corrected chi connectivity index (χ3v) is 4.87. The van der Waals surface area contributed by atoms with E-state index < -0.39 is 18.5 Å². The van der Waals surface area contributed by atoms with Gasteiger partial charge in [0.1, 0.15) is 17.2 Å². The number of Topliss-reactive ketones (excluding diaryl/α,β-unsaturated/α-hetero) is 1. The van der Waals surface area contributed by atoms with Gasteiger partial charge >= 0.3 is 5.97 Å². The molecule has 30 heavy (non-hydrogen) atoms. The summed E-state index contributed by atoms with van der Waals surface area (Å²) in [6.07, 6.45) is 0.00136. The standard InChI is InChI=1S/C22H23NO7/c1-27-16-6-4-5-14(9-16)19(24)13-30-22(26)15-10-21(25)23(12-15)18-8-7-17(28-2)11-20(18)29-3/h4-9,11,15H,10,12-13H2,1-3H3/t15-/m1/s1. The van der Waals surface area contributed by atoms with E-state index in [1.54, 1.807) is 42.5 Å². The molecule has 1 fully saturated rings. The molecule has 0 N–H and O–H groups in total. The Morgan fingerprint density at radius 2 is 1.73 bits per heavy atom. The molecule has 0 bridgehead atoms. The van der Waals surface area contributed by atoms with E-state index in [1.165, 1.54) is 26.2 Å². The summed E-state index contributed by atoms with van der Waals surface area (Å²) >= 11 is 0. The van der Waals surface area contributed by atoms with Crippen LogP contribution in [0.1, 0.15) is 16.8 Å². The zero-order valence-corrected chi connectivity index (χ0v) is 17.0. The van der Waals surface area contributed by atoms with Crippen LogP contribution in [0.2, 0.25) is 0 Å². The van der Waals surface area contributed by atoms with Gasteiger partial charge in [0.2, 0.25) is 5.91 Å². The van der Waals surface area contributed by atoms with Crippen molar-refractivity contribution in [3.8, 4) is 17.2 Å². The predicted octanol–water partition coefficient (Wildman–Crippen LogP) is 2.49. The van der Waals surface area contributed by atoms with Crippen molar-refractivity contribution >= 4 is 23.3 Å². The second kappa shape index (κ2) is 9.30. The van der Waals surface area contributed by atoms with Gasteiger partial charge < -0.3 is 23.8 Å². The summed E-state index contributed by atoms with van der Waals surface area (Å²) in [5.74, 6) is -0.228. The van der Waals surface area contributed by atoms with Crippen molar-refractivity contribution in [2.45, 2.75) is 6.42 Å². The molecule has 0 saturated carbocycles. The molecule has 158 valence electrons. The number of ketones is 1. The molecule has 8 heteroatoms. The molecule has 0 radical (unpaired) electrons. The van der Waals surface area contributed by atoms with Crippen LogP contribution >= 0.6 is 0 Å². The number of benzene rings is 2. The van der Waals surface area contributed by atoms with Crippen molar-refractivity contribution in [3.05, 3.63) is 48.0 Å². The first-order valence-electron chi connectivity index (χ1n) is 9.33. The van der Waals surface area contributed by atoms with E-state index in [0.717, 1.165) is 0 Å². The van der Waals surface area contributed by atoms with Crippen molar-refractivity contribution in [1.29, 1.82) is 0 Å². The highest BCUT2D eigenvalue weighted by atomic mass is 16.5. The molecule has 1 amide bonds. The SMILES string of the molecule is COc1cccc(C(=O)COC(=O)[C@@H]2CC(=O)N(c3ccc(OC)cc3OC)C2)c1. The Kier molecular flexibility index (Phi) is 6.56. The number of carbonyl (C=O) groups is 3. The minimum absolute atomic E-state index is 0.00136. The Balaban J connectivity index is 1.63. The van der Waals surface area contributed by atoms with Gasteiger partial charge in [0.05, 0.1) is 32.9 Å². The van der Waals surface area contributed by atoms with E-state index in [-0.39, 0.29) is 24.7 Å². The smallest absolute Gasteiger partial charge is 0.311 e. The highest BCUT2D eigenvalue weighted by Crippen LogP contribution is 2.36. The Morgan fingerprint density at radius 3 is 2.43 bits per heavy atom. The molecule has 1 aliphatic rings. The van der Waals surface area contributed by atoms with Crippen LogP contribution in [0, 0.1) is 5.92 Å². The molecule has 1 atom stereocenters. The Hall–Kier alpha value is -3.55. The fraction of sp³-hybridized carbons (Fsp3) is 0.318. The minimum atomic E-state index is -0.664. The summed E-state index contributed by atoms with van der Waals surface area (Å²) in [4.78, 5) is 38.7. The van der Waals surface area contributed by atoms with Crippen LogP contribution in [0.5, 0.6) is 17.2 Å². The molecule has 0 unspecified atom stereocenters. The maximum Gasteiger partial charge on any atom is 0.311 e. The summed E-state index contributed by atoms with van der Waals surface area (Å²) in [6.45, 7) is -0.254. The van der Waals surface area contributed by atoms with Gasteiger partial charge in [0.25, 0.3) is 0 Å². The lowest BCUT2D eigenvalue weighted by Crippen LogP contribution is -2.27. The number of hydrogen-bond donors (Lipinski definition) is 0. The van der Waals surface area contributed by atoms with Crippen LogP contribution < -0.4 is 19.1 Å². The molecule has 8 nitrogen and oxygen atoms in total. The van der Waals surface area contributed by atoms with Crippen LogP contribution in [-0.4, -0.2) is 52.1 Å². The average Bonchev–Trinajstić information content (AvgIpc) is 3.18. The van der Waals surface area contributed by atoms with Gasteiger partial charge in [-0.3, -0.25) is 14.4 Å². The van der Waals surface area contributed by atoms with Crippen molar-refractivity contribution in [3.63, 3.8) is 0 Å². The summed E-state index contributed by atoms with van der Waals surface area (Å²) in [6, 6.07) is 11.7. The second-order valence-electron chi connectivity index (χ2n) is 6.71. The van der Waals surface area contributed by atoms with Gasteiger partial charge in [-0.15, -0.1) is 0 Å². The number of nitrogens with zero attached hydrogens (tertiary/aromatic N) is 1. The first-order valence-corrected chi connectivity index (χ1v) is 9.33. The first-order chi connectivity index (χ1) is 14.5. The third-order valence-electron chi connectivity index (χ3n) is 4.87. The summed E-state index contributed by atoms with van der Waals surface area (Å²) in [7, 11) is 4.54. The number of hydrogen-bond acceptors (Lipinski definition) is 7. The lowest BCUT2D eigenvalue weighted by atomic mass is 10.1. The lowest BCUT2D eigenvalue weighted by molar-refractivity contribution is -0.147. The molecule has 2 aromatic carbocycles. The van der Waals surface area contributed by atoms with Crippen LogP contribution in [0.3, 0.4) is 0 Å². The van der Waals surface area contributed by atoms with E-state index in [1.807, 2.05) is 0 Å². The number of esters is 1. The maximum absolute atomic E-state index is 12.5. The number of ether oxygens (including phenoxy) is 4. The first kappa shape index (κ1) is 21.2. The molecular weight excluding hydrogens is 390 g/mol.